The fourth-order valence-corrected chi connectivity index (χ4v) is 3.29. The molecule has 4 rings (SSSR count). The normalized spacial score (nSPS) is 19.7. The Balaban J connectivity index is 1.34. The van der Waals surface area contributed by atoms with Crippen LogP contribution in [0, 0.1) is 0 Å². The standard InChI is InChI=1S/C19H26N6O2/c26-16-11-25(12-16)19-23-17(14-4-8-27-13-14)9-18(24-19)22-7-2-6-21-15-3-1-5-20-10-15/h1,3,5,9-10,14,16,21,26H,2,4,6-8,11-13H2,(H,22,23,24)/t14-/m0/s1. The van der Waals surface area contributed by atoms with Crippen LogP contribution in [0.25, 0.3) is 0 Å². The predicted octanol–water partition coefficient (Wildman–Crippen LogP) is 1.47. The second kappa shape index (κ2) is 8.49. The summed E-state index contributed by atoms with van der Waals surface area (Å²) < 4.78 is 5.52. The van der Waals surface area contributed by atoms with Crippen molar-refractivity contribution in [2.75, 3.05) is 54.9 Å². The smallest absolute Gasteiger partial charge is 0.227 e. The molecule has 2 saturated heterocycles. The van der Waals surface area contributed by atoms with E-state index in [1.54, 1.807) is 6.20 Å². The van der Waals surface area contributed by atoms with E-state index in [0.29, 0.717) is 31.6 Å². The van der Waals surface area contributed by atoms with Crippen molar-refractivity contribution in [1.29, 1.82) is 0 Å². The molecule has 3 N–H and O–H groups in total. The molecule has 144 valence electrons. The molecular formula is C19H26N6O2. The minimum absolute atomic E-state index is 0.276. The monoisotopic (exact) mass is 370 g/mol. The molecular weight excluding hydrogens is 344 g/mol. The number of aliphatic hydroxyl groups is 1. The van der Waals surface area contributed by atoms with E-state index in [0.717, 1.165) is 49.7 Å². The summed E-state index contributed by atoms with van der Waals surface area (Å²) in [6, 6.07) is 5.96. The fraction of sp³-hybridized carbons (Fsp3) is 0.526. The van der Waals surface area contributed by atoms with Gasteiger partial charge in [0.1, 0.15) is 5.82 Å². The first-order chi connectivity index (χ1) is 13.3. The molecule has 2 aromatic rings. The molecule has 2 aliphatic heterocycles. The fourth-order valence-electron chi connectivity index (χ4n) is 3.29. The molecule has 2 aliphatic rings. The van der Waals surface area contributed by atoms with Gasteiger partial charge in [-0.2, -0.15) is 4.98 Å². The molecule has 8 nitrogen and oxygen atoms in total. The Morgan fingerprint density at radius 1 is 1.22 bits per heavy atom. The predicted molar refractivity (Wildman–Crippen MR) is 104 cm³/mol. The zero-order valence-corrected chi connectivity index (χ0v) is 15.3. The van der Waals surface area contributed by atoms with Crippen molar-refractivity contribution in [3.63, 3.8) is 0 Å². The van der Waals surface area contributed by atoms with E-state index in [-0.39, 0.29) is 6.10 Å². The van der Waals surface area contributed by atoms with Gasteiger partial charge in [-0.3, -0.25) is 4.98 Å². The molecule has 0 bridgehead atoms. The summed E-state index contributed by atoms with van der Waals surface area (Å²) in [7, 11) is 0. The second-order valence-corrected chi connectivity index (χ2v) is 7.05. The molecule has 1 atom stereocenters. The number of hydrogen-bond acceptors (Lipinski definition) is 8. The van der Waals surface area contributed by atoms with Gasteiger partial charge in [-0.15, -0.1) is 0 Å². The Morgan fingerprint density at radius 2 is 2.11 bits per heavy atom. The first-order valence-electron chi connectivity index (χ1n) is 9.55. The van der Waals surface area contributed by atoms with Gasteiger partial charge < -0.3 is 25.4 Å². The molecule has 0 aliphatic carbocycles. The molecule has 2 aromatic heterocycles. The van der Waals surface area contributed by atoms with Crippen LogP contribution >= 0.6 is 0 Å². The number of nitrogens with one attached hydrogen (secondary N) is 2. The number of rotatable bonds is 8. The van der Waals surface area contributed by atoms with Crippen LogP contribution in [0.5, 0.6) is 0 Å². The summed E-state index contributed by atoms with van der Waals surface area (Å²) in [5, 5.41) is 16.3. The summed E-state index contributed by atoms with van der Waals surface area (Å²) in [5.41, 5.74) is 2.05. The van der Waals surface area contributed by atoms with E-state index >= 15 is 0 Å². The topological polar surface area (TPSA) is 95.4 Å². The lowest BCUT2D eigenvalue weighted by atomic mass is 10.0. The summed E-state index contributed by atoms with van der Waals surface area (Å²) in [6.45, 7) is 4.37. The molecule has 27 heavy (non-hydrogen) atoms. The lowest BCUT2D eigenvalue weighted by molar-refractivity contribution is 0.140. The van der Waals surface area contributed by atoms with Gasteiger partial charge in [0.05, 0.1) is 24.1 Å². The highest BCUT2D eigenvalue weighted by Gasteiger charge is 2.28. The number of nitrogens with zero attached hydrogens (tertiary/aromatic N) is 4. The number of β-amino-alcohol motifs (C(OH)–C–C–N with tert-alkyl or cyclic N) is 1. The van der Waals surface area contributed by atoms with Crippen molar-refractivity contribution in [3.05, 3.63) is 36.3 Å². The van der Waals surface area contributed by atoms with Crippen LogP contribution in [0.2, 0.25) is 0 Å². The van der Waals surface area contributed by atoms with E-state index < -0.39 is 0 Å². The largest absolute Gasteiger partial charge is 0.389 e. The molecule has 2 fully saturated rings. The lowest BCUT2D eigenvalue weighted by Crippen LogP contribution is -2.51. The number of aliphatic hydroxyl groups excluding tert-OH is 1. The van der Waals surface area contributed by atoms with Crippen LogP contribution in [0.15, 0.2) is 30.6 Å². The number of anilines is 3. The van der Waals surface area contributed by atoms with Crippen molar-refractivity contribution in [1.82, 2.24) is 15.0 Å². The van der Waals surface area contributed by atoms with Crippen molar-refractivity contribution in [2.24, 2.45) is 0 Å². The third-order valence-electron chi connectivity index (χ3n) is 4.88. The van der Waals surface area contributed by atoms with Crippen molar-refractivity contribution in [3.8, 4) is 0 Å². The maximum Gasteiger partial charge on any atom is 0.227 e. The van der Waals surface area contributed by atoms with Crippen molar-refractivity contribution < 1.29 is 9.84 Å². The first kappa shape index (κ1) is 17.9. The van der Waals surface area contributed by atoms with E-state index in [4.69, 9.17) is 9.72 Å². The molecule has 8 heteroatoms. The maximum absolute atomic E-state index is 9.58. The average molecular weight is 370 g/mol. The summed E-state index contributed by atoms with van der Waals surface area (Å²) >= 11 is 0. The maximum atomic E-state index is 9.58. The Hall–Kier alpha value is -2.45. The number of pyridine rings is 1. The van der Waals surface area contributed by atoms with Gasteiger partial charge in [-0.1, -0.05) is 0 Å². The Kier molecular flexibility index (Phi) is 5.64. The zero-order valence-electron chi connectivity index (χ0n) is 15.3. The van der Waals surface area contributed by atoms with Crippen LogP contribution in [-0.2, 0) is 4.74 Å². The SMILES string of the molecule is OC1CN(c2nc(NCCCNc3cccnc3)cc([C@H]3CCOC3)n2)C1. The van der Waals surface area contributed by atoms with Crippen LogP contribution in [0.3, 0.4) is 0 Å². The highest BCUT2D eigenvalue weighted by molar-refractivity contribution is 5.46. The van der Waals surface area contributed by atoms with Gasteiger partial charge in [-0.05, 0) is 25.0 Å². The summed E-state index contributed by atoms with van der Waals surface area (Å²) in [5.74, 6) is 1.86. The van der Waals surface area contributed by atoms with Gasteiger partial charge in [0.25, 0.3) is 0 Å². The van der Waals surface area contributed by atoms with Gasteiger partial charge >= 0.3 is 0 Å². The molecule has 0 saturated carbocycles. The minimum atomic E-state index is -0.276. The average Bonchev–Trinajstić information content (AvgIpc) is 3.21. The van der Waals surface area contributed by atoms with Gasteiger partial charge in [0.2, 0.25) is 5.95 Å². The Bertz CT molecular complexity index is 732. The van der Waals surface area contributed by atoms with E-state index in [1.807, 2.05) is 29.3 Å². The molecule has 0 aromatic carbocycles. The second-order valence-electron chi connectivity index (χ2n) is 7.05. The zero-order chi connectivity index (χ0) is 18.5. The lowest BCUT2D eigenvalue weighted by Gasteiger charge is -2.36. The summed E-state index contributed by atoms with van der Waals surface area (Å²) in [6.07, 6.45) is 5.26. The molecule has 0 spiro atoms. The van der Waals surface area contributed by atoms with E-state index in [1.165, 1.54) is 0 Å². The number of aromatic nitrogens is 3. The number of hydrogen-bond donors (Lipinski definition) is 3. The van der Waals surface area contributed by atoms with Crippen molar-refractivity contribution >= 4 is 17.5 Å². The Morgan fingerprint density at radius 3 is 2.85 bits per heavy atom. The van der Waals surface area contributed by atoms with Gasteiger partial charge in [0.15, 0.2) is 0 Å². The van der Waals surface area contributed by atoms with E-state index in [9.17, 15) is 5.11 Å². The molecule has 0 radical (unpaired) electrons. The van der Waals surface area contributed by atoms with Crippen LogP contribution in [-0.4, -0.2) is 65.6 Å². The highest BCUT2D eigenvalue weighted by Crippen LogP contribution is 2.28. The quantitative estimate of drug-likeness (QED) is 0.602. The third kappa shape index (κ3) is 4.64. The van der Waals surface area contributed by atoms with Crippen LogP contribution < -0.4 is 15.5 Å². The molecule has 4 heterocycles. The Labute approximate surface area is 159 Å². The van der Waals surface area contributed by atoms with E-state index in [2.05, 4.69) is 20.6 Å². The van der Waals surface area contributed by atoms with Crippen molar-refractivity contribution in [2.45, 2.75) is 24.9 Å². The third-order valence-corrected chi connectivity index (χ3v) is 4.88. The van der Waals surface area contributed by atoms with Gasteiger partial charge in [0, 0.05) is 57.2 Å². The summed E-state index contributed by atoms with van der Waals surface area (Å²) in [4.78, 5) is 15.5. The minimum Gasteiger partial charge on any atom is -0.389 e. The molecule has 0 amide bonds. The van der Waals surface area contributed by atoms with Crippen LogP contribution in [0.1, 0.15) is 24.5 Å². The van der Waals surface area contributed by atoms with Gasteiger partial charge in [-0.25, -0.2) is 4.98 Å². The number of ether oxygens (including phenoxy) is 1. The molecule has 0 unspecified atom stereocenters. The van der Waals surface area contributed by atoms with Crippen LogP contribution in [0.4, 0.5) is 17.5 Å². The first-order valence-corrected chi connectivity index (χ1v) is 9.55. The highest BCUT2D eigenvalue weighted by atomic mass is 16.5.